The molecule has 0 unspecified atom stereocenters. The third-order valence-electron chi connectivity index (χ3n) is 3.64. The summed E-state index contributed by atoms with van der Waals surface area (Å²) in [5.74, 6) is 0.835. The molecule has 23 heavy (non-hydrogen) atoms. The minimum atomic E-state index is 0.539. The molecule has 4 nitrogen and oxygen atoms in total. The number of rotatable bonds is 3. The van der Waals surface area contributed by atoms with Crippen molar-refractivity contribution in [1.82, 2.24) is 5.32 Å². The number of anilines is 1. The van der Waals surface area contributed by atoms with E-state index in [4.69, 9.17) is 21.1 Å². The van der Waals surface area contributed by atoms with Crippen LogP contribution >= 0.6 is 12.2 Å². The van der Waals surface area contributed by atoms with Gasteiger partial charge in [0.05, 0.1) is 12.8 Å². The van der Waals surface area contributed by atoms with E-state index in [1.807, 2.05) is 48.5 Å². The number of para-hydroxylation sites is 1. The fourth-order valence-electron chi connectivity index (χ4n) is 2.56. The lowest BCUT2D eigenvalue weighted by Gasteiger charge is -2.09. The Bertz CT molecular complexity index is 973. The van der Waals surface area contributed by atoms with Gasteiger partial charge in [-0.15, -0.1) is 0 Å². The Balaban J connectivity index is 1.52. The minimum absolute atomic E-state index is 0.539. The highest BCUT2D eigenvalue weighted by Gasteiger charge is 2.07. The molecule has 4 aromatic rings. The van der Waals surface area contributed by atoms with E-state index in [0.29, 0.717) is 11.7 Å². The van der Waals surface area contributed by atoms with Gasteiger partial charge in [0.15, 0.2) is 5.11 Å². The van der Waals surface area contributed by atoms with E-state index < -0.39 is 0 Å². The maximum absolute atomic E-state index is 5.87. The Kier molecular flexibility index (Phi) is 3.48. The Morgan fingerprint density at radius 2 is 1.83 bits per heavy atom. The largest absolute Gasteiger partial charge is 0.467 e. The monoisotopic (exact) mass is 322 g/mol. The van der Waals surface area contributed by atoms with Crippen LogP contribution in [0, 0.1) is 0 Å². The van der Waals surface area contributed by atoms with E-state index in [-0.39, 0.29) is 0 Å². The molecule has 0 atom stereocenters. The topological polar surface area (TPSA) is 50.3 Å². The van der Waals surface area contributed by atoms with E-state index in [9.17, 15) is 0 Å². The number of hydrogen-bond donors (Lipinski definition) is 2. The number of hydrogen-bond acceptors (Lipinski definition) is 3. The molecule has 0 saturated carbocycles. The summed E-state index contributed by atoms with van der Waals surface area (Å²) in [6.07, 6.45) is 1.64. The normalized spacial score (nSPS) is 11.0. The highest BCUT2D eigenvalue weighted by atomic mass is 32.1. The van der Waals surface area contributed by atoms with Crippen LogP contribution in [0.4, 0.5) is 5.69 Å². The van der Waals surface area contributed by atoms with Gasteiger partial charge in [-0.2, -0.15) is 0 Å². The third-order valence-corrected chi connectivity index (χ3v) is 3.89. The molecule has 0 fully saturated rings. The van der Waals surface area contributed by atoms with E-state index >= 15 is 0 Å². The standard InChI is InChI=1S/C18H14N2O2S/c23-18(19-11-13-4-3-9-21-13)20-12-7-8-15-14-5-1-2-6-16(14)22-17(15)10-12/h1-10H,11H2,(H2,19,20,23). The van der Waals surface area contributed by atoms with Gasteiger partial charge in [0.1, 0.15) is 16.9 Å². The molecule has 5 heteroatoms. The molecule has 2 aromatic carbocycles. The molecule has 0 bridgehead atoms. The van der Waals surface area contributed by atoms with Crippen molar-refractivity contribution in [3.8, 4) is 0 Å². The first-order chi connectivity index (χ1) is 11.3. The molecule has 0 amide bonds. The van der Waals surface area contributed by atoms with Crippen LogP contribution in [0.2, 0.25) is 0 Å². The first-order valence-electron chi connectivity index (χ1n) is 7.28. The number of thiocarbonyl (C=S) groups is 1. The Labute approximate surface area is 138 Å². The van der Waals surface area contributed by atoms with Crippen LogP contribution in [0.3, 0.4) is 0 Å². The molecule has 0 saturated heterocycles. The summed E-state index contributed by atoms with van der Waals surface area (Å²) >= 11 is 5.30. The fraction of sp³-hybridized carbons (Fsp3) is 0.0556. The number of nitrogens with one attached hydrogen (secondary N) is 2. The minimum Gasteiger partial charge on any atom is -0.467 e. The Hall–Kier alpha value is -2.79. The second kappa shape index (κ2) is 5.78. The van der Waals surface area contributed by atoms with Gasteiger partial charge >= 0.3 is 0 Å². The molecule has 4 rings (SSSR count). The molecular formula is C18H14N2O2S. The van der Waals surface area contributed by atoms with Crippen LogP contribution in [0.1, 0.15) is 5.76 Å². The van der Waals surface area contributed by atoms with Crippen LogP contribution < -0.4 is 10.6 Å². The molecule has 0 radical (unpaired) electrons. The van der Waals surface area contributed by atoms with Gasteiger partial charge in [-0.25, -0.2) is 0 Å². The van der Waals surface area contributed by atoms with Crippen molar-refractivity contribution in [1.29, 1.82) is 0 Å². The second-order valence-electron chi connectivity index (χ2n) is 5.20. The number of fused-ring (bicyclic) bond motifs is 3. The summed E-state index contributed by atoms with van der Waals surface area (Å²) in [7, 11) is 0. The second-order valence-corrected chi connectivity index (χ2v) is 5.60. The average Bonchev–Trinajstić information content (AvgIpc) is 3.20. The van der Waals surface area contributed by atoms with Crippen LogP contribution in [-0.4, -0.2) is 5.11 Å². The number of benzene rings is 2. The number of furan rings is 2. The van der Waals surface area contributed by atoms with E-state index in [2.05, 4.69) is 16.7 Å². The van der Waals surface area contributed by atoms with Crippen LogP contribution in [0.25, 0.3) is 21.9 Å². The fourth-order valence-corrected chi connectivity index (χ4v) is 2.75. The van der Waals surface area contributed by atoms with Gasteiger partial charge < -0.3 is 19.5 Å². The van der Waals surface area contributed by atoms with Crippen molar-refractivity contribution in [2.75, 3.05) is 5.32 Å². The van der Waals surface area contributed by atoms with Crippen molar-refractivity contribution >= 4 is 45.0 Å². The van der Waals surface area contributed by atoms with E-state index in [0.717, 1.165) is 33.4 Å². The van der Waals surface area contributed by atoms with Crippen molar-refractivity contribution < 1.29 is 8.83 Å². The molecule has 0 spiro atoms. The summed E-state index contributed by atoms with van der Waals surface area (Å²) in [5.41, 5.74) is 2.61. The zero-order chi connectivity index (χ0) is 15.6. The van der Waals surface area contributed by atoms with Gasteiger partial charge in [-0.3, -0.25) is 0 Å². The van der Waals surface area contributed by atoms with Crippen LogP contribution in [0.5, 0.6) is 0 Å². The van der Waals surface area contributed by atoms with Gasteiger partial charge in [0.25, 0.3) is 0 Å². The summed E-state index contributed by atoms with van der Waals surface area (Å²) in [6, 6.07) is 17.7. The first-order valence-corrected chi connectivity index (χ1v) is 7.69. The SMILES string of the molecule is S=C(NCc1ccco1)Nc1ccc2c(c1)oc1ccccc12. The molecule has 114 valence electrons. The van der Waals surface area contributed by atoms with Gasteiger partial charge in [-0.1, -0.05) is 18.2 Å². The van der Waals surface area contributed by atoms with E-state index in [1.54, 1.807) is 6.26 Å². The maximum atomic E-state index is 5.87. The summed E-state index contributed by atoms with van der Waals surface area (Å²) in [6.45, 7) is 0.547. The lowest BCUT2D eigenvalue weighted by Crippen LogP contribution is -2.27. The van der Waals surface area contributed by atoms with Gasteiger partial charge in [0.2, 0.25) is 0 Å². The smallest absolute Gasteiger partial charge is 0.171 e. The predicted octanol–water partition coefficient (Wildman–Crippen LogP) is 4.67. The van der Waals surface area contributed by atoms with E-state index in [1.165, 1.54) is 0 Å². The summed E-state index contributed by atoms with van der Waals surface area (Å²) in [5, 5.41) is 9.02. The lowest BCUT2D eigenvalue weighted by atomic mass is 10.1. The molecule has 0 aliphatic rings. The van der Waals surface area contributed by atoms with Crippen molar-refractivity contribution in [3.05, 3.63) is 66.6 Å². The summed E-state index contributed by atoms with van der Waals surface area (Å²) < 4.78 is 11.1. The average molecular weight is 322 g/mol. The lowest BCUT2D eigenvalue weighted by molar-refractivity contribution is 0.503. The first kappa shape index (κ1) is 13.8. The zero-order valence-electron chi connectivity index (χ0n) is 12.2. The molecule has 0 aliphatic carbocycles. The van der Waals surface area contributed by atoms with Crippen LogP contribution in [0.15, 0.2) is 69.7 Å². The zero-order valence-corrected chi connectivity index (χ0v) is 13.0. The quantitative estimate of drug-likeness (QED) is 0.537. The molecular weight excluding hydrogens is 308 g/mol. The van der Waals surface area contributed by atoms with Crippen molar-refractivity contribution in [3.63, 3.8) is 0 Å². The van der Waals surface area contributed by atoms with Gasteiger partial charge in [0, 0.05) is 22.5 Å². The predicted molar refractivity (Wildman–Crippen MR) is 95.5 cm³/mol. The van der Waals surface area contributed by atoms with Crippen molar-refractivity contribution in [2.24, 2.45) is 0 Å². The highest BCUT2D eigenvalue weighted by Crippen LogP contribution is 2.30. The Morgan fingerprint density at radius 3 is 2.70 bits per heavy atom. The summed E-state index contributed by atoms with van der Waals surface area (Å²) in [4.78, 5) is 0. The molecule has 2 N–H and O–H groups in total. The molecule has 2 heterocycles. The Morgan fingerprint density at radius 1 is 0.957 bits per heavy atom. The maximum Gasteiger partial charge on any atom is 0.171 e. The molecule has 0 aliphatic heterocycles. The third kappa shape index (κ3) is 2.78. The van der Waals surface area contributed by atoms with Gasteiger partial charge in [-0.05, 0) is 42.5 Å². The highest BCUT2D eigenvalue weighted by molar-refractivity contribution is 7.80. The van der Waals surface area contributed by atoms with Crippen LogP contribution in [-0.2, 0) is 6.54 Å². The molecule has 2 aromatic heterocycles. The van der Waals surface area contributed by atoms with Crippen molar-refractivity contribution in [2.45, 2.75) is 6.54 Å².